The maximum absolute atomic E-state index is 6.39. The van der Waals surface area contributed by atoms with Gasteiger partial charge in [-0.15, -0.1) is 0 Å². The van der Waals surface area contributed by atoms with E-state index in [1.54, 1.807) is 0 Å². The van der Waals surface area contributed by atoms with Crippen molar-refractivity contribution in [2.45, 2.75) is 18.7 Å². The van der Waals surface area contributed by atoms with E-state index in [2.05, 4.69) is 55.1 Å². The molecule has 6 heteroatoms. The first kappa shape index (κ1) is 18.2. The molecule has 0 amide bonds. The first-order valence-electron chi connectivity index (χ1n) is 8.92. The number of ether oxygens (including phenoxy) is 1. The molecular weight excluding hydrogens is 504 g/mol. The molecule has 0 N–H and O–H groups in total. The van der Waals surface area contributed by atoms with E-state index < -0.39 is 0 Å². The van der Waals surface area contributed by atoms with Crippen molar-refractivity contribution < 1.29 is 4.74 Å². The van der Waals surface area contributed by atoms with Crippen molar-refractivity contribution in [2.24, 2.45) is 5.10 Å². The molecule has 140 valence electrons. The van der Waals surface area contributed by atoms with Crippen molar-refractivity contribution in [1.82, 2.24) is 5.01 Å². The summed E-state index contributed by atoms with van der Waals surface area (Å²) in [4.78, 5) is 0. The molecule has 0 saturated heterocycles. The van der Waals surface area contributed by atoms with Crippen LogP contribution in [0, 0.1) is 0 Å². The highest BCUT2D eigenvalue weighted by Crippen LogP contribution is 2.48. The van der Waals surface area contributed by atoms with Crippen LogP contribution in [0.4, 0.5) is 0 Å². The van der Waals surface area contributed by atoms with Gasteiger partial charge in [0.2, 0.25) is 6.23 Å². The van der Waals surface area contributed by atoms with Gasteiger partial charge in [-0.3, -0.25) is 0 Å². The lowest BCUT2D eigenvalue weighted by Gasteiger charge is -2.38. The number of rotatable bonds is 2. The van der Waals surface area contributed by atoms with E-state index in [-0.39, 0.29) is 12.3 Å². The molecule has 0 radical (unpaired) electrons. The van der Waals surface area contributed by atoms with E-state index in [1.807, 2.05) is 48.5 Å². The quantitative estimate of drug-likeness (QED) is 0.361. The zero-order valence-corrected chi connectivity index (χ0v) is 18.6. The number of fused-ring (bicyclic) bond motifs is 3. The Kier molecular flexibility index (Phi) is 4.69. The summed E-state index contributed by atoms with van der Waals surface area (Å²) in [7, 11) is 0. The molecule has 3 aromatic carbocycles. The molecule has 2 aliphatic rings. The largest absolute Gasteiger partial charge is 0.464 e. The lowest BCUT2D eigenvalue weighted by molar-refractivity contribution is -0.0190. The van der Waals surface area contributed by atoms with E-state index in [0.717, 1.165) is 48.5 Å². The van der Waals surface area contributed by atoms with Crippen LogP contribution in [0.5, 0.6) is 5.75 Å². The number of hydrazone groups is 1. The van der Waals surface area contributed by atoms with Gasteiger partial charge in [0.15, 0.2) is 0 Å². The SMILES string of the molecule is Clc1ccc(C2=NN3[C@H](C2)c2cc(Br)ccc2O[C@H]3c2ccc(Br)cc2)cc1. The molecule has 5 rings (SSSR count). The number of nitrogens with zero attached hydrogens (tertiary/aromatic N) is 2. The van der Waals surface area contributed by atoms with E-state index in [4.69, 9.17) is 21.4 Å². The van der Waals surface area contributed by atoms with Gasteiger partial charge in [0, 0.05) is 31.5 Å². The van der Waals surface area contributed by atoms with E-state index >= 15 is 0 Å². The van der Waals surface area contributed by atoms with E-state index in [9.17, 15) is 0 Å². The second-order valence-corrected chi connectivity index (χ2v) is 9.13. The van der Waals surface area contributed by atoms with Gasteiger partial charge in [0.25, 0.3) is 0 Å². The second-order valence-electron chi connectivity index (χ2n) is 6.86. The molecule has 0 saturated carbocycles. The molecule has 0 spiro atoms. The molecule has 2 atom stereocenters. The van der Waals surface area contributed by atoms with E-state index in [0.29, 0.717) is 0 Å². The maximum Gasteiger partial charge on any atom is 0.213 e. The average molecular weight is 519 g/mol. The Morgan fingerprint density at radius 3 is 2.39 bits per heavy atom. The van der Waals surface area contributed by atoms with Crippen LogP contribution in [-0.4, -0.2) is 10.7 Å². The predicted molar refractivity (Wildman–Crippen MR) is 119 cm³/mol. The molecular formula is C22H15Br2ClN2O. The van der Waals surface area contributed by atoms with Gasteiger partial charge >= 0.3 is 0 Å². The fraction of sp³-hybridized carbons (Fsp3) is 0.136. The summed E-state index contributed by atoms with van der Waals surface area (Å²) in [6, 6.07) is 22.4. The Morgan fingerprint density at radius 2 is 1.64 bits per heavy atom. The van der Waals surface area contributed by atoms with Crippen molar-refractivity contribution in [2.75, 3.05) is 0 Å². The van der Waals surface area contributed by atoms with Crippen molar-refractivity contribution in [3.05, 3.63) is 97.4 Å². The third-order valence-corrected chi connectivity index (χ3v) is 6.36. The Balaban J connectivity index is 1.59. The van der Waals surface area contributed by atoms with Gasteiger partial charge < -0.3 is 4.74 Å². The highest BCUT2D eigenvalue weighted by atomic mass is 79.9. The van der Waals surface area contributed by atoms with Crippen LogP contribution in [0.25, 0.3) is 0 Å². The van der Waals surface area contributed by atoms with Crippen LogP contribution < -0.4 is 4.74 Å². The summed E-state index contributed by atoms with van der Waals surface area (Å²) in [6.45, 7) is 0. The molecule has 0 aliphatic carbocycles. The van der Waals surface area contributed by atoms with Gasteiger partial charge in [-0.05, 0) is 48.0 Å². The van der Waals surface area contributed by atoms with Gasteiger partial charge in [0.05, 0.1) is 11.8 Å². The normalized spacial score (nSPS) is 20.2. The lowest BCUT2D eigenvalue weighted by atomic mass is 9.96. The van der Waals surface area contributed by atoms with Crippen molar-refractivity contribution >= 4 is 49.2 Å². The number of halogens is 3. The first-order chi connectivity index (χ1) is 13.6. The molecule has 0 unspecified atom stereocenters. The minimum Gasteiger partial charge on any atom is -0.464 e. The smallest absolute Gasteiger partial charge is 0.213 e. The maximum atomic E-state index is 6.39. The van der Waals surface area contributed by atoms with Crippen LogP contribution in [-0.2, 0) is 0 Å². The van der Waals surface area contributed by atoms with Crippen LogP contribution in [0.1, 0.15) is 35.4 Å². The monoisotopic (exact) mass is 516 g/mol. The lowest BCUT2D eigenvalue weighted by Crippen LogP contribution is -2.33. The third kappa shape index (κ3) is 3.25. The highest BCUT2D eigenvalue weighted by Gasteiger charge is 2.41. The second kappa shape index (κ2) is 7.21. The summed E-state index contributed by atoms with van der Waals surface area (Å²) in [6.07, 6.45) is 0.554. The average Bonchev–Trinajstić information content (AvgIpc) is 3.14. The molecule has 2 heterocycles. The number of benzene rings is 3. The Labute approximate surface area is 185 Å². The van der Waals surface area contributed by atoms with Gasteiger partial charge in [-0.1, -0.05) is 67.7 Å². The van der Waals surface area contributed by atoms with Crippen LogP contribution in [0.2, 0.25) is 5.02 Å². The van der Waals surface area contributed by atoms with Crippen LogP contribution in [0.3, 0.4) is 0 Å². The zero-order chi connectivity index (χ0) is 19.3. The first-order valence-corrected chi connectivity index (χ1v) is 10.9. The summed E-state index contributed by atoms with van der Waals surface area (Å²) >= 11 is 13.2. The van der Waals surface area contributed by atoms with Crippen molar-refractivity contribution in [1.29, 1.82) is 0 Å². The van der Waals surface area contributed by atoms with Gasteiger partial charge in [-0.25, -0.2) is 5.01 Å². The van der Waals surface area contributed by atoms with Crippen LogP contribution in [0.15, 0.2) is 80.8 Å². The minimum atomic E-state index is -0.267. The Bertz CT molecular complexity index is 1070. The minimum absolute atomic E-state index is 0.126. The summed E-state index contributed by atoms with van der Waals surface area (Å²) in [5.74, 6) is 0.907. The fourth-order valence-electron chi connectivity index (χ4n) is 3.72. The fourth-order valence-corrected chi connectivity index (χ4v) is 4.49. The summed E-state index contributed by atoms with van der Waals surface area (Å²) < 4.78 is 8.47. The molecule has 2 aliphatic heterocycles. The zero-order valence-electron chi connectivity index (χ0n) is 14.6. The predicted octanol–water partition coefficient (Wildman–Crippen LogP) is 7.11. The number of hydrogen-bond donors (Lipinski definition) is 0. The molecule has 3 aromatic rings. The standard InChI is InChI=1S/C22H15Br2ClN2O/c23-15-5-1-14(2-6-15)22-27-20(18-11-16(24)7-10-21(18)28-22)12-19(26-27)13-3-8-17(25)9-4-13/h1-11,20,22H,12H2/t20-,22+/m1/s1. The summed E-state index contributed by atoms with van der Waals surface area (Å²) in [5, 5.41) is 7.79. The Morgan fingerprint density at radius 1 is 0.929 bits per heavy atom. The molecule has 0 aromatic heterocycles. The third-order valence-electron chi connectivity index (χ3n) is 5.08. The van der Waals surface area contributed by atoms with Crippen LogP contribution >= 0.6 is 43.5 Å². The van der Waals surface area contributed by atoms with Crippen molar-refractivity contribution in [3.8, 4) is 5.75 Å². The highest BCUT2D eigenvalue weighted by molar-refractivity contribution is 9.10. The van der Waals surface area contributed by atoms with E-state index in [1.165, 1.54) is 0 Å². The Hall–Kier alpha value is -1.82. The molecule has 0 fully saturated rings. The topological polar surface area (TPSA) is 24.8 Å². The number of hydrogen-bond acceptors (Lipinski definition) is 3. The van der Waals surface area contributed by atoms with Crippen molar-refractivity contribution in [3.63, 3.8) is 0 Å². The molecule has 3 nitrogen and oxygen atoms in total. The molecule has 0 bridgehead atoms. The van der Waals surface area contributed by atoms with Gasteiger partial charge in [-0.2, -0.15) is 5.10 Å². The van der Waals surface area contributed by atoms with Gasteiger partial charge in [0.1, 0.15) is 5.75 Å². The summed E-state index contributed by atoms with van der Waals surface area (Å²) in [5.41, 5.74) is 4.35. The molecule has 28 heavy (non-hydrogen) atoms.